The summed E-state index contributed by atoms with van der Waals surface area (Å²) in [6.45, 7) is 4.59. The van der Waals surface area contributed by atoms with Crippen molar-refractivity contribution in [2.24, 2.45) is 0 Å². The lowest BCUT2D eigenvalue weighted by molar-refractivity contribution is -0.384. The quantitative estimate of drug-likeness (QED) is 0.638. The smallest absolute Gasteiger partial charge is 0.431 e. The zero-order chi connectivity index (χ0) is 16.4. The number of hydrazine groups is 1. The molecule has 0 atom stereocenters. The van der Waals surface area contributed by atoms with Crippen molar-refractivity contribution in [3.8, 4) is 0 Å². The van der Waals surface area contributed by atoms with Crippen molar-refractivity contribution in [2.45, 2.75) is 26.3 Å². The van der Waals surface area contributed by atoms with Crippen LogP contribution in [0.5, 0.6) is 0 Å². The van der Waals surface area contributed by atoms with Crippen LogP contribution < -0.4 is 5.01 Å². The van der Waals surface area contributed by atoms with Crippen LogP contribution in [0.15, 0.2) is 24.3 Å². The molecule has 0 aliphatic carbocycles. The average molecular weight is 297 g/mol. The summed E-state index contributed by atoms with van der Waals surface area (Å²) < 4.78 is 0. The zero-order valence-corrected chi connectivity index (χ0v) is 11.7. The summed E-state index contributed by atoms with van der Waals surface area (Å²) in [7, 11) is 0. The molecule has 1 aromatic rings. The van der Waals surface area contributed by atoms with E-state index in [0.717, 1.165) is 12.1 Å². The maximum atomic E-state index is 11.4. The summed E-state index contributed by atoms with van der Waals surface area (Å²) in [5.74, 6) is 0. The van der Waals surface area contributed by atoms with Gasteiger partial charge in [-0.3, -0.25) is 10.1 Å². The minimum Gasteiger partial charge on any atom is -0.464 e. The zero-order valence-electron chi connectivity index (χ0n) is 11.7. The van der Waals surface area contributed by atoms with Crippen molar-refractivity contribution in [1.29, 1.82) is 0 Å². The first-order valence-electron chi connectivity index (χ1n) is 5.86. The molecule has 0 aliphatic rings. The van der Waals surface area contributed by atoms with E-state index in [9.17, 15) is 29.9 Å². The largest absolute Gasteiger partial charge is 0.464 e. The molecule has 0 spiro atoms. The molecule has 1 rings (SSSR count). The van der Waals surface area contributed by atoms with Crippen molar-refractivity contribution in [2.75, 3.05) is 5.01 Å². The van der Waals surface area contributed by atoms with Crippen molar-refractivity contribution in [1.82, 2.24) is 5.01 Å². The highest BCUT2D eigenvalue weighted by Crippen LogP contribution is 2.25. The van der Waals surface area contributed by atoms with Gasteiger partial charge < -0.3 is 10.2 Å². The predicted octanol–water partition coefficient (Wildman–Crippen LogP) is 2.77. The topological polar surface area (TPSA) is 124 Å². The molecule has 0 unspecified atom stereocenters. The van der Waals surface area contributed by atoms with Crippen molar-refractivity contribution < 1.29 is 24.7 Å². The molecule has 9 nitrogen and oxygen atoms in total. The Kier molecular flexibility index (Phi) is 4.36. The molecular formula is C12H15N3O6. The number of anilines is 1. The highest BCUT2D eigenvalue weighted by atomic mass is 16.6. The third kappa shape index (κ3) is 3.59. The fraction of sp³-hybridized carbons (Fsp3) is 0.333. The van der Waals surface area contributed by atoms with E-state index >= 15 is 0 Å². The van der Waals surface area contributed by atoms with Crippen LogP contribution >= 0.6 is 0 Å². The lowest BCUT2D eigenvalue weighted by Gasteiger charge is -2.39. The van der Waals surface area contributed by atoms with Gasteiger partial charge in [0, 0.05) is 12.1 Å². The number of hydrogen-bond donors (Lipinski definition) is 2. The van der Waals surface area contributed by atoms with Crippen LogP contribution in [0.3, 0.4) is 0 Å². The number of amides is 2. The highest BCUT2D eigenvalue weighted by Gasteiger charge is 2.36. The average Bonchev–Trinajstić information content (AvgIpc) is 2.33. The van der Waals surface area contributed by atoms with Crippen LogP contribution in [0, 0.1) is 10.1 Å². The second-order valence-electron chi connectivity index (χ2n) is 5.13. The second-order valence-corrected chi connectivity index (χ2v) is 5.13. The maximum Gasteiger partial charge on any atom is 0.431 e. The Bertz CT molecular complexity index is 563. The Morgan fingerprint density at radius 2 is 1.57 bits per heavy atom. The highest BCUT2D eigenvalue weighted by molar-refractivity contribution is 5.89. The van der Waals surface area contributed by atoms with Crippen LogP contribution in [-0.4, -0.2) is 37.9 Å². The summed E-state index contributed by atoms with van der Waals surface area (Å²) in [5, 5.41) is 30.3. The molecule has 0 saturated carbocycles. The van der Waals surface area contributed by atoms with E-state index in [-0.39, 0.29) is 11.4 Å². The minimum absolute atomic E-state index is 0.00887. The Hall–Kier alpha value is -2.84. The number of carboxylic acid groups (broad SMARTS) is 2. The van der Waals surface area contributed by atoms with Gasteiger partial charge in [-0.15, -0.1) is 0 Å². The number of hydrogen-bond acceptors (Lipinski definition) is 4. The van der Waals surface area contributed by atoms with Gasteiger partial charge >= 0.3 is 12.2 Å². The maximum absolute atomic E-state index is 11.4. The number of benzene rings is 1. The predicted molar refractivity (Wildman–Crippen MR) is 73.2 cm³/mol. The number of nitrogens with zero attached hydrogens (tertiary/aromatic N) is 3. The van der Waals surface area contributed by atoms with E-state index in [1.807, 2.05) is 0 Å². The van der Waals surface area contributed by atoms with Crippen LogP contribution in [-0.2, 0) is 0 Å². The van der Waals surface area contributed by atoms with E-state index in [4.69, 9.17) is 0 Å². The molecule has 1 aromatic carbocycles. The number of rotatable bonds is 2. The standard InChI is InChI=1S/C12H15N3O6/c1-12(2,3)14(11(18)19)13(10(16)17)8-4-6-9(7-5-8)15(20)21/h4-7H,1-3H3,(H,16,17)(H,18,19). The molecule has 0 aliphatic heterocycles. The fourth-order valence-corrected chi connectivity index (χ4v) is 1.70. The monoisotopic (exact) mass is 297 g/mol. The summed E-state index contributed by atoms with van der Waals surface area (Å²) in [6.07, 6.45) is -2.97. The van der Waals surface area contributed by atoms with Gasteiger partial charge in [-0.25, -0.2) is 14.6 Å². The molecule has 2 amide bonds. The van der Waals surface area contributed by atoms with Crippen LogP contribution in [0.1, 0.15) is 20.8 Å². The molecule has 114 valence electrons. The van der Waals surface area contributed by atoms with E-state index in [1.54, 1.807) is 0 Å². The van der Waals surface area contributed by atoms with Crippen molar-refractivity contribution >= 4 is 23.6 Å². The molecule has 0 aromatic heterocycles. The molecule has 21 heavy (non-hydrogen) atoms. The Morgan fingerprint density at radius 3 is 1.86 bits per heavy atom. The Balaban J connectivity index is 3.32. The minimum atomic E-state index is -1.51. The molecule has 2 N–H and O–H groups in total. The van der Waals surface area contributed by atoms with Crippen LogP contribution in [0.2, 0.25) is 0 Å². The summed E-state index contributed by atoms with van der Waals surface area (Å²) in [6, 6.07) is 4.56. The van der Waals surface area contributed by atoms with Gasteiger partial charge in [-0.1, -0.05) is 0 Å². The van der Waals surface area contributed by atoms with E-state index < -0.39 is 22.6 Å². The molecule has 0 bridgehead atoms. The van der Waals surface area contributed by atoms with Gasteiger partial charge in [0.1, 0.15) is 0 Å². The first-order valence-corrected chi connectivity index (χ1v) is 5.86. The van der Waals surface area contributed by atoms with E-state index in [2.05, 4.69) is 0 Å². The van der Waals surface area contributed by atoms with Gasteiger partial charge in [0.15, 0.2) is 0 Å². The van der Waals surface area contributed by atoms with Gasteiger partial charge in [0.2, 0.25) is 0 Å². The molecule has 0 heterocycles. The number of non-ortho nitro benzene ring substituents is 1. The van der Waals surface area contributed by atoms with Crippen LogP contribution in [0.25, 0.3) is 0 Å². The third-order valence-corrected chi connectivity index (χ3v) is 2.50. The normalized spacial score (nSPS) is 10.8. The molecule has 0 radical (unpaired) electrons. The fourth-order valence-electron chi connectivity index (χ4n) is 1.70. The molecular weight excluding hydrogens is 282 g/mol. The Labute approximate surface area is 120 Å². The SMILES string of the molecule is CC(C)(C)N(C(=O)O)N(C(=O)O)c1ccc([N+](=O)[O-])cc1. The van der Waals surface area contributed by atoms with E-state index in [0.29, 0.717) is 10.0 Å². The third-order valence-electron chi connectivity index (χ3n) is 2.50. The molecule has 9 heteroatoms. The number of nitro groups is 1. The lowest BCUT2D eigenvalue weighted by atomic mass is 10.1. The van der Waals surface area contributed by atoms with Gasteiger partial charge in [-0.2, -0.15) is 5.01 Å². The lowest BCUT2D eigenvalue weighted by Crippen LogP contribution is -2.57. The first-order chi connectivity index (χ1) is 9.55. The number of carbonyl (C=O) groups is 2. The second kappa shape index (κ2) is 5.65. The van der Waals surface area contributed by atoms with Crippen molar-refractivity contribution in [3.05, 3.63) is 34.4 Å². The van der Waals surface area contributed by atoms with Gasteiger partial charge in [-0.05, 0) is 32.9 Å². The van der Waals surface area contributed by atoms with E-state index in [1.165, 1.54) is 32.9 Å². The van der Waals surface area contributed by atoms with Gasteiger partial charge in [0.05, 0.1) is 16.1 Å². The molecule has 0 saturated heterocycles. The Morgan fingerprint density at radius 1 is 1.10 bits per heavy atom. The number of nitro benzene ring substituents is 1. The summed E-state index contributed by atoms with van der Waals surface area (Å²) >= 11 is 0. The van der Waals surface area contributed by atoms with Crippen molar-refractivity contribution in [3.63, 3.8) is 0 Å². The van der Waals surface area contributed by atoms with Gasteiger partial charge in [0.25, 0.3) is 5.69 Å². The van der Waals surface area contributed by atoms with Crippen LogP contribution in [0.4, 0.5) is 21.0 Å². The first kappa shape index (κ1) is 16.2. The summed E-state index contributed by atoms with van der Waals surface area (Å²) in [4.78, 5) is 32.7. The summed E-state index contributed by atoms with van der Waals surface area (Å²) in [5.41, 5.74) is -1.25. The molecule has 0 fully saturated rings.